The molecule has 17 heavy (non-hydrogen) atoms. The van der Waals surface area contributed by atoms with E-state index in [1.165, 1.54) is 18.2 Å². The highest BCUT2D eigenvalue weighted by atomic mass is 35.5. The lowest BCUT2D eigenvalue weighted by Gasteiger charge is -2.14. The molecule has 1 aromatic carbocycles. The van der Waals surface area contributed by atoms with Gasteiger partial charge < -0.3 is 5.32 Å². The van der Waals surface area contributed by atoms with Crippen LogP contribution in [-0.4, -0.2) is 18.6 Å². The van der Waals surface area contributed by atoms with Gasteiger partial charge in [0.1, 0.15) is 5.82 Å². The van der Waals surface area contributed by atoms with Gasteiger partial charge in [0, 0.05) is 6.04 Å². The summed E-state index contributed by atoms with van der Waals surface area (Å²) in [7, 11) is 0. The van der Waals surface area contributed by atoms with E-state index in [4.69, 9.17) is 11.6 Å². The van der Waals surface area contributed by atoms with Crippen molar-refractivity contribution in [2.24, 2.45) is 0 Å². The molecule has 1 aromatic rings. The van der Waals surface area contributed by atoms with Gasteiger partial charge in [0.25, 0.3) is 0 Å². The first-order valence-corrected chi connectivity index (χ1v) is 7.59. The van der Waals surface area contributed by atoms with Crippen LogP contribution in [0.25, 0.3) is 0 Å². The second-order valence-corrected chi connectivity index (χ2v) is 5.44. The fraction of sp³-hybridized carbons (Fsp3) is 0.538. The lowest BCUT2D eigenvalue weighted by molar-refractivity contribution is 0.549. The average molecular weight is 276 g/mol. The van der Waals surface area contributed by atoms with Crippen molar-refractivity contribution in [1.29, 1.82) is 0 Å². The van der Waals surface area contributed by atoms with Crippen LogP contribution in [0, 0.1) is 5.82 Å². The van der Waals surface area contributed by atoms with Crippen molar-refractivity contribution >= 4 is 23.4 Å². The first-order chi connectivity index (χ1) is 8.15. The topological polar surface area (TPSA) is 12.0 Å². The van der Waals surface area contributed by atoms with Gasteiger partial charge in [0.15, 0.2) is 0 Å². The molecular formula is C13H19ClFNS. The monoisotopic (exact) mass is 275 g/mol. The quantitative estimate of drug-likeness (QED) is 0.746. The molecule has 1 rings (SSSR count). The van der Waals surface area contributed by atoms with Gasteiger partial charge in [-0.25, -0.2) is 4.39 Å². The zero-order valence-corrected chi connectivity index (χ0v) is 11.9. The van der Waals surface area contributed by atoms with Crippen LogP contribution >= 0.6 is 23.4 Å². The zero-order chi connectivity index (χ0) is 12.7. The van der Waals surface area contributed by atoms with Crippen LogP contribution in [0.15, 0.2) is 18.2 Å². The molecule has 0 aliphatic carbocycles. The smallest absolute Gasteiger partial charge is 0.142 e. The third-order valence-corrected chi connectivity index (χ3v) is 3.67. The number of unbranched alkanes of at least 4 members (excludes halogenated alkanes) is 1. The maximum absolute atomic E-state index is 13.3. The molecule has 0 aliphatic heterocycles. The Morgan fingerprint density at radius 2 is 2.18 bits per heavy atom. The van der Waals surface area contributed by atoms with Crippen molar-refractivity contribution in [2.45, 2.75) is 25.8 Å². The number of thioether (sulfide) groups is 1. The molecule has 0 aromatic heterocycles. The minimum absolute atomic E-state index is 0.163. The zero-order valence-electron chi connectivity index (χ0n) is 10.3. The molecule has 0 bridgehead atoms. The highest BCUT2D eigenvalue weighted by Gasteiger charge is 2.07. The van der Waals surface area contributed by atoms with Gasteiger partial charge in [0.2, 0.25) is 0 Å². The highest BCUT2D eigenvalue weighted by molar-refractivity contribution is 7.98. The van der Waals surface area contributed by atoms with Crippen LogP contribution in [-0.2, 0) is 0 Å². The summed E-state index contributed by atoms with van der Waals surface area (Å²) < 4.78 is 13.3. The summed E-state index contributed by atoms with van der Waals surface area (Å²) in [4.78, 5) is 0. The molecule has 0 saturated heterocycles. The van der Waals surface area contributed by atoms with E-state index >= 15 is 0 Å². The molecule has 0 saturated carbocycles. The van der Waals surface area contributed by atoms with Gasteiger partial charge in [-0.2, -0.15) is 11.8 Å². The van der Waals surface area contributed by atoms with E-state index in [0.29, 0.717) is 0 Å². The number of rotatable bonds is 7. The molecule has 4 heteroatoms. The molecule has 1 nitrogen and oxygen atoms in total. The van der Waals surface area contributed by atoms with Gasteiger partial charge in [-0.3, -0.25) is 0 Å². The van der Waals surface area contributed by atoms with E-state index in [1.807, 2.05) is 24.8 Å². The van der Waals surface area contributed by atoms with Crippen molar-refractivity contribution in [3.05, 3.63) is 34.6 Å². The number of nitrogens with one attached hydrogen (secondary N) is 1. The predicted molar refractivity (Wildman–Crippen MR) is 75.4 cm³/mol. The first-order valence-electron chi connectivity index (χ1n) is 5.82. The molecule has 0 fully saturated rings. The Bertz CT molecular complexity index is 346. The largest absolute Gasteiger partial charge is 0.310 e. The van der Waals surface area contributed by atoms with E-state index in [1.54, 1.807) is 6.07 Å². The Hall–Kier alpha value is -0.250. The van der Waals surface area contributed by atoms with Crippen molar-refractivity contribution in [2.75, 3.05) is 18.6 Å². The summed E-state index contributed by atoms with van der Waals surface area (Å²) in [5.74, 6) is 0.853. The van der Waals surface area contributed by atoms with Gasteiger partial charge in [-0.1, -0.05) is 17.7 Å². The van der Waals surface area contributed by atoms with Crippen LogP contribution < -0.4 is 5.32 Å². The first kappa shape index (κ1) is 14.8. The molecular weight excluding hydrogens is 257 g/mol. The lowest BCUT2D eigenvalue weighted by atomic mass is 10.1. The van der Waals surface area contributed by atoms with E-state index < -0.39 is 0 Å². The number of hydrogen-bond acceptors (Lipinski definition) is 2. The Labute approximate surface area is 112 Å². The van der Waals surface area contributed by atoms with Gasteiger partial charge in [0.05, 0.1) is 5.02 Å². The van der Waals surface area contributed by atoms with Gasteiger partial charge >= 0.3 is 0 Å². The Morgan fingerprint density at radius 1 is 1.41 bits per heavy atom. The van der Waals surface area contributed by atoms with Crippen LogP contribution in [0.2, 0.25) is 5.02 Å². The molecule has 0 radical (unpaired) electrons. The van der Waals surface area contributed by atoms with Crippen LogP contribution in [0.4, 0.5) is 4.39 Å². The molecule has 0 spiro atoms. The van der Waals surface area contributed by atoms with Crippen molar-refractivity contribution in [3.63, 3.8) is 0 Å². The van der Waals surface area contributed by atoms with Crippen LogP contribution in [0.3, 0.4) is 0 Å². The van der Waals surface area contributed by atoms with Gasteiger partial charge in [-0.05, 0) is 56.0 Å². The summed E-state index contributed by atoms with van der Waals surface area (Å²) >= 11 is 7.52. The number of halogens is 2. The minimum Gasteiger partial charge on any atom is -0.310 e. The second-order valence-electron chi connectivity index (χ2n) is 4.05. The molecule has 1 atom stereocenters. The molecule has 0 heterocycles. The predicted octanol–water partition coefficient (Wildman–Crippen LogP) is 4.27. The van der Waals surface area contributed by atoms with Crippen LogP contribution in [0.5, 0.6) is 0 Å². The molecule has 96 valence electrons. The summed E-state index contributed by atoms with van der Waals surface area (Å²) in [6.45, 7) is 3.00. The standard InChI is InChI=1S/C13H19ClFNS/c1-10(16-7-3-4-8-17-2)11-5-6-12(14)13(15)9-11/h5-6,9-10,16H,3-4,7-8H2,1-2H3. The van der Waals surface area contributed by atoms with Crippen molar-refractivity contribution in [1.82, 2.24) is 5.32 Å². The Kier molecular flexibility index (Phi) is 6.93. The van der Waals surface area contributed by atoms with Crippen molar-refractivity contribution in [3.8, 4) is 0 Å². The SMILES string of the molecule is CSCCCCNC(C)c1ccc(Cl)c(F)c1. The van der Waals surface area contributed by atoms with Gasteiger partial charge in [-0.15, -0.1) is 0 Å². The second kappa shape index (κ2) is 7.96. The normalized spacial score (nSPS) is 12.7. The molecule has 0 amide bonds. The van der Waals surface area contributed by atoms with Crippen molar-refractivity contribution < 1.29 is 4.39 Å². The molecule has 1 N–H and O–H groups in total. The van der Waals surface area contributed by atoms with E-state index in [0.717, 1.165) is 18.5 Å². The third-order valence-electron chi connectivity index (χ3n) is 2.67. The fourth-order valence-corrected chi connectivity index (χ4v) is 2.20. The maximum Gasteiger partial charge on any atom is 0.142 e. The average Bonchev–Trinajstić information content (AvgIpc) is 2.32. The molecule has 0 aliphatic rings. The fourth-order valence-electron chi connectivity index (χ4n) is 1.59. The lowest BCUT2D eigenvalue weighted by Crippen LogP contribution is -2.20. The summed E-state index contributed by atoms with van der Waals surface area (Å²) in [6.07, 6.45) is 4.49. The molecule has 1 unspecified atom stereocenters. The Morgan fingerprint density at radius 3 is 2.82 bits per heavy atom. The Balaban J connectivity index is 2.36. The maximum atomic E-state index is 13.3. The summed E-state index contributed by atoms with van der Waals surface area (Å²) in [6, 6.07) is 5.14. The van der Waals surface area contributed by atoms with E-state index in [-0.39, 0.29) is 16.9 Å². The van der Waals surface area contributed by atoms with E-state index in [9.17, 15) is 4.39 Å². The van der Waals surface area contributed by atoms with E-state index in [2.05, 4.69) is 11.6 Å². The summed E-state index contributed by atoms with van der Waals surface area (Å²) in [5, 5.41) is 3.57. The number of benzene rings is 1. The highest BCUT2D eigenvalue weighted by Crippen LogP contribution is 2.20. The minimum atomic E-state index is -0.347. The third kappa shape index (κ3) is 5.28. The summed E-state index contributed by atoms with van der Waals surface area (Å²) in [5.41, 5.74) is 0.941. The number of hydrogen-bond donors (Lipinski definition) is 1. The van der Waals surface area contributed by atoms with Crippen LogP contribution in [0.1, 0.15) is 31.4 Å².